The van der Waals surface area contributed by atoms with Gasteiger partial charge in [0.15, 0.2) is 0 Å². The molecule has 15 heavy (non-hydrogen) atoms. The van der Waals surface area contributed by atoms with E-state index >= 15 is 0 Å². The fourth-order valence-electron chi connectivity index (χ4n) is 1.35. The van der Waals surface area contributed by atoms with Crippen molar-refractivity contribution in [1.82, 2.24) is 9.80 Å². The molecule has 0 aliphatic carbocycles. The van der Waals surface area contributed by atoms with Crippen LogP contribution in [0.1, 0.15) is 13.8 Å². The molecule has 0 aromatic carbocycles. The van der Waals surface area contributed by atoms with E-state index in [1.165, 1.54) is 0 Å². The van der Waals surface area contributed by atoms with E-state index in [0.717, 1.165) is 25.9 Å². The van der Waals surface area contributed by atoms with Gasteiger partial charge >= 0.3 is 10.4 Å². The van der Waals surface area contributed by atoms with Crippen molar-refractivity contribution >= 4 is 10.4 Å². The summed E-state index contributed by atoms with van der Waals surface area (Å²) in [6.07, 6.45) is 0. The molecule has 0 bridgehead atoms. The molecule has 0 saturated carbocycles. The van der Waals surface area contributed by atoms with E-state index in [2.05, 4.69) is 41.9 Å². The van der Waals surface area contributed by atoms with Gasteiger partial charge in [0.25, 0.3) is 0 Å². The summed E-state index contributed by atoms with van der Waals surface area (Å²) in [6.45, 7) is 5.66. The van der Waals surface area contributed by atoms with Gasteiger partial charge in [-0.25, -0.2) is 0 Å². The van der Waals surface area contributed by atoms with Crippen LogP contribution in [-0.2, 0) is 14.6 Å². The van der Waals surface area contributed by atoms with Crippen molar-refractivity contribution in [3.63, 3.8) is 0 Å². The van der Waals surface area contributed by atoms with Gasteiger partial charge in [-0.3, -0.25) is 18.5 Å². The van der Waals surface area contributed by atoms with E-state index < -0.39 is 10.4 Å². The fraction of sp³-hybridized carbons (Fsp3) is 1.00. The van der Waals surface area contributed by atoms with Crippen LogP contribution in [0, 0.1) is 0 Å². The first kappa shape index (κ1) is 14.8. The molecule has 1 aliphatic rings. The van der Waals surface area contributed by atoms with Gasteiger partial charge in [0, 0.05) is 12.1 Å². The summed E-state index contributed by atoms with van der Waals surface area (Å²) in [7, 11) is 1.05. The highest BCUT2D eigenvalue weighted by molar-refractivity contribution is 7.80. The SMILES string of the molecule is CC1C(C)N(C)CN1C.COS(=O)(=O)O. The Morgan fingerprint density at radius 3 is 1.53 bits per heavy atom. The highest BCUT2D eigenvalue weighted by atomic mass is 32.3. The summed E-state index contributed by atoms with van der Waals surface area (Å²) in [4.78, 5) is 4.73. The third-order valence-corrected chi connectivity index (χ3v) is 3.17. The standard InChI is InChI=1S/C7H16N2.CH4O4S/c1-6-7(2)9(4)5-8(6)3;1-5-6(2,3)4/h6-7H,5H2,1-4H3;1H3,(H,2,3,4). The lowest BCUT2D eigenvalue weighted by Crippen LogP contribution is -2.29. The lowest BCUT2D eigenvalue weighted by molar-refractivity contribution is 0.289. The van der Waals surface area contributed by atoms with Crippen molar-refractivity contribution in [1.29, 1.82) is 0 Å². The topological polar surface area (TPSA) is 70.1 Å². The maximum atomic E-state index is 9.33. The van der Waals surface area contributed by atoms with Gasteiger partial charge in [-0.1, -0.05) is 0 Å². The van der Waals surface area contributed by atoms with Crippen molar-refractivity contribution in [2.24, 2.45) is 0 Å². The van der Waals surface area contributed by atoms with Crippen LogP contribution in [-0.4, -0.2) is 62.7 Å². The third kappa shape index (κ3) is 5.43. The van der Waals surface area contributed by atoms with E-state index in [4.69, 9.17) is 4.55 Å². The lowest BCUT2D eigenvalue weighted by atomic mass is 10.2. The Kier molecular flexibility index (Phi) is 5.68. The monoisotopic (exact) mass is 240 g/mol. The molecule has 0 amide bonds. The van der Waals surface area contributed by atoms with Crippen LogP contribution in [0.15, 0.2) is 0 Å². The molecule has 1 aliphatic heterocycles. The van der Waals surface area contributed by atoms with E-state index in [-0.39, 0.29) is 0 Å². The van der Waals surface area contributed by atoms with Crippen LogP contribution < -0.4 is 0 Å². The van der Waals surface area contributed by atoms with Gasteiger partial charge in [0.2, 0.25) is 0 Å². The first-order valence-corrected chi connectivity index (χ1v) is 5.99. The van der Waals surface area contributed by atoms with E-state index in [0.29, 0.717) is 0 Å². The average Bonchev–Trinajstić information content (AvgIpc) is 2.33. The van der Waals surface area contributed by atoms with Crippen molar-refractivity contribution < 1.29 is 17.2 Å². The van der Waals surface area contributed by atoms with Crippen LogP contribution in [0.2, 0.25) is 0 Å². The molecule has 0 aromatic rings. The molecule has 2 unspecified atom stereocenters. The molecule has 1 fully saturated rings. The fourth-order valence-corrected chi connectivity index (χ4v) is 1.35. The Hall–Kier alpha value is -0.210. The smallest absolute Gasteiger partial charge is 0.289 e. The van der Waals surface area contributed by atoms with Crippen molar-refractivity contribution in [3.05, 3.63) is 0 Å². The first-order chi connectivity index (χ1) is 6.69. The predicted molar refractivity (Wildman–Crippen MR) is 57.9 cm³/mol. The summed E-state index contributed by atoms with van der Waals surface area (Å²) in [5.74, 6) is 0. The van der Waals surface area contributed by atoms with Gasteiger partial charge in [-0.15, -0.1) is 0 Å². The summed E-state index contributed by atoms with van der Waals surface area (Å²) in [5, 5.41) is 0. The van der Waals surface area contributed by atoms with Gasteiger partial charge in [0.1, 0.15) is 0 Å². The van der Waals surface area contributed by atoms with Crippen LogP contribution in [0.25, 0.3) is 0 Å². The van der Waals surface area contributed by atoms with Gasteiger partial charge < -0.3 is 0 Å². The molecule has 0 spiro atoms. The third-order valence-electron chi connectivity index (χ3n) is 2.75. The molecule has 1 N–H and O–H groups in total. The van der Waals surface area contributed by atoms with E-state index in [9.17, 15) is 8.42 Å². The molecular formula is C8H20N2O4S. The molecule has 92 valence electrons. The minimum atomic E-state index is -4.16. The highest BCUT2D eigenvalue weighted by Gasteiger charge is 2.28. The van der Waals surface area contributed by atoms with Gasteiger partial charge in [-0.05, 0) is 27.9 Å². The number of hydrogen-bond donors (Lipinski definition) is 1. The lowest BCUT2D eigenvalue weighted by Gasteiger charge is -2.16. The molecule has 2 atom stereocenters. The minimum absolute atomic E-state index is 0.718. The Bertz CT molecular complexity index is 268. The van der Waals surface area contributed by atoms with Crippen molar-refractivity contribution in [2.45, 2.75) is 25.9 Å². The molecule has 7 heteroatoms. The van der Waals surface area contributed by atoms with Gasteiger partial charge in [-0.2, -0.15) is 8.42 Å². The Balaban J connectivity index is 0.000000288. The summed E-state index contributed by atoms with van der Waals surface area (Å²) in [6, 6.07) is 1.44. The predicted octanol–water partition coefficient (Wildman–Crippen LogP) is 0.0337. The van der Waals surface area contributed by atoms with Crippen LogP contribution in [0.5, 0.6) is 0 Å². The molecule has 1 rings (SSSR count). The first-order valence-electron chi connectivity index (χ1n) is 4.62. The maximum absolute atomic E-state index is 9.33. The second kappa shape index (κ2) is 5.76. The molecular weight excluding hydrogens is 220 g/mol. The molecule has 1 heterocycles. The summed E-state index contributed by atoms with van der Waals surface area (Å²) in [5.41, 5.74) is 0. The largest absolute Gasteiger partial charge is 0.397 e. The Morgan fingerprint density at radius 2 is 1.47 bits per heavy atom. The summed E-state index contributed by atoms with van der Waals surface area (Å²) >= 11 is 0. The summed E-state index contributed by atoms with van der Waals surface area (Å²) < 4.78 is 29.7. The van der Waals surface area contributed by atoms with Crippen LogP contribution >= 0.6 is 0 Å². The van der Waals surface area contributed by atoms with Crippen LogP contribution in [0.4, 0.5) is 0 Å². The van der Waals surface area contributed by atoms with Gasteiger partial charge in [0.05, 0.1) is 13.8 Å². The number of nitrogens with zero attached hydrogens (tertiary/aromatic N) is 2. The van der Waals surface area contributed by atoms with E-state index in [1.54, 1.807) is 0 Å². The zero-order chi connectivity index (χ0) is 12.2. The molecule has 6 nitrogen and oxygen atoms in total. The van der Waals surface area contributed by atoms with Crippen molar-refractivity contribution in [2.75, 3.05) is 27.9 Å². The van der Waals surface area contributed by atoms with Crippen LogP contribution in [0.3, 0.4) is 0 Å². The highest BCUT2D eigenvalue weighted by Crippen LogP contribution is 2.15. The maximum Gasteiger partial charge on any atom is 0.397 e. The normalized spacial score (nSPS) is 28.7. The second-order valence-corrected chi connectivity index (χ2v) is 4.92. The number of hydrogen-bond acceptors (Lipinski definition) is 5. The minimum Gasteiger partial charge on any atom is -0.289 e. The molecule has 0 radical (unpaired) electrons. The number of likely N-dealkylation sites (N-methyl/N-ethyl adjacent to an activating group) is 2. The quantitative estimate of drug-likeness (QED) is 0.652. The number of rotatable bonds is 1. The van der Waals surface area contributed by atoms with Crippen molar-refractivity contribution in [3.8, 4) is 0 Å². The second-order valence-electron chi connectivity index (χ2n) is 3.73. The zero-order valence-corrected chi connectivity index (χ0v) is 10.7. The molecule has 0 aromatic heterocycles. The molecule has 1 saturated heterocycles. The average molecular weight is 240 g/mol. The Morgan fingerprint density at radius 1 is 1.20 bits per heavy atom. The Labute approximate surface area is 91.8 Å². The van der Waals surface area contributed by atoms with E-state index in [1.807, 2.05) is 0 Å². The zero-order valence-electron chi connectivity index (χ0n) is 9.84.